The van der Waals surface area contributed by atoms with Crippen LogP contribution in [0.4, 0.5) is 4.79 Å². The molecule has 3 rings (SSSR count). The van der Waals surface area contributed by atoms with Crippen molar-refractivity contribution in [1.29, 1.82) is 0 Å². The number of carboxylic acids is 1. The number of benzene rings is 2. The average Bonchev–Trinajstić information content (AvgIpc) is 2.99. The highest BCUT2D eigenvalue weighted by Gasteiger charge is 2.29. The van der Waals surface area contributed by atoms with Gasteiger partial charge in [0.15, 0.2) is 0 Å². The summed E-state index contributed by atoms with van der Waals surface area (Å²) in [4.78, 5) is 34.3. The molecule has 0 aromatic heterocycles. The third kappa shape index (κ3) is 4.31. The molecule has 0 bridgehead atoms. The van der Waals surface area contributed by atoms with Crippen molar-refractivity contribution < 1.29 is 24.2 Å². The van der Waals surface area contributed by atoms with Gasteiger partial charge in [0, 0.05) is 12.3 Å². The Morgan fingerprint density at radius 2 is 1.61 bits per heavy atom. The summed E-state index contributed by atoms with van der Waals surface area (Å²) >= 11 is 0. The number of carboxylic acid groups (broad SMARTS) is 1. The van der Waals surface area contributed by atoms with E-state index < -0.39 is 24.0 Å². The largest absolute Gasteiger partial charge is 0.481 e. The summed E-state index contributed by atoms with van der Waals surface area (Å²) < 4.78 is 5.37. The third-order valence-corrected chi connectivity index (χ3v) is 4.86. The molecule has 28 heavy (non-hydrogen) atoms. The van der Waals surface area contributed by atoms with Crippen LogP contribution in [0.1, 0.15) is 36.3 Å². The second kappa shape index (κ2) is 8.56. The molecule has 2 aromatic carbocycles. The number of hydrogen-bond acceptors (Lipinski definition) is 4. The van der Waals surface area contributed by atoms with Gasteiger partial charge >= 0.3 is 12.1 Å². The lowest BCUT2D eigenvalue weighted by Gasteiger charge is -2.17. The van der Waals surface area contributed by atoms with E-state index in [2.05, 4.69) is 5.32 Å². The van der Waals surface area contributed by atoms with Crippen LogP contribution in [-0.2, 0) is 14.3 Å². The Balaban J connectivity index is 1.62. The number of nitrogens with two attached hydrogens (primary N) is 1. The van der Waals surface area contributed by atoms with Crippen LogP contribution in [0, 0.1) is 0 Å². The molecule has 2 aromatic rings. The van der Waals surface area contributed by atoms with Gasteiger partial charge in [-0.05, 0) is 35.1 Å². The minimum Gasteiger partial charge on any atom is -0.481 e. The fraction of sp³-hybridized carbons (Fsp3) is 0.286. The summed E-state index contributed by atoms with van der Waals surface area (Å²) in [6.45, 7) is 0.125. The van der Waals surface area contributed by atoms with E-state index in [0.29, 0.717) is 0 Å². The molecule has 0 spiro atoms. The Morgan fingerprint density at radius 1 is 1.04 bits per heavy atom. The quantitative estimate of drug-likeness (QED) is 0.648. The Kier molecular flexibility index (Phi) is 5.93. The van der Waals surface area contributed by atoms with E-state index in [-0.39, 0.29) is 31.8 Å². The number of aliphatic carboxylic acids is 1. The number of amides is 2. The number of alkyl carbamates (subject to hydrolysis) is 1. The van der Waals surface area contributed by atoms with Gasteiger partial charge in [0.2, 0.25) is 5.91 Å². The van der Waals surface area contributed by atoms with Gasteiger partial charge < -0.3 is 20.9 Å². The van der Waals surface area contributed by atoms with Gasteiger partial charge in [-0.1, -0.05) is 48.5 Å². The van der Waals surface area contributed by atoms with Gasteiger partial charge in [-0.25, -0.2) is 4.79 Å². The fourth-order valence-electron chi connectivity index (χ4n) is 3.53. The first kappa shape index (κ1) is 19.4. The number of primary amides is 1. The smallest absolute Gasteiger partial charge is 0.407 e. The first-order valence-corrected chi connectivity index (χ1v) is 9.10. The number of ether oxygens (including phenoxy) is 1. The first-order valence-electron chi connectivity index (χ1n) is 9.10. The molecule has 0 fully saturated rings. The van der Waals surface area contributed by atoms with E-state index in [1.54, 1.807) is 0 Å². The molecule has 0 saturated heterocycles. The highest BCUT2D eigenvalue weighted by molar-refractivity contribution is 5.84. The molecule has 4 N–H and O–H groups in total. The maximum absolute atomic E-state index is 12.2. The Morgan fingerprint density at radius 3 is 2.14 bits per heavy atom. The van der Waals surface area contributed by atoms with Crippen LogP contribution >= 0.6 is 0 Å². The average molecular weight is 382 g/mol. The second-order valence-electron chi connectivity index (χ2n) is 6.71. The zero-order valence-corrected chi connectivity index (χ0v) is 15.3. The fourth-order valence-corrected chi connectivity index (χ4v) is 3.53. The van der Waals surface area contributed by atoms with Crippen LogP contribution in [0.5, 0.6) is 0 Å². The van der Waals surface area contributed by atoms with Crippen LogP contribution in [0.3, 0.4) is 0 Å². The molecule has 1 unspecified atom stereocenters. The molecule has 1 atom stereocenters. The standard InChI is InChI=1S/C21H22N2O5/c22-20(26)18(10-5-11-19(24)25)23-21(27)28-12-17-15-8-3-1-6-13(15)14-7-2-4-9-16(14)17/h1-4,6-9,17-18H,5,10-12H2,(H2,22,26)(H,23,27)(H,24,25). The van der Waals surface area contributed by atoms with Gasteiger partial charge in [0.05, 0.1) is 0 Å². The minimum absolute atomic E-state index is 0.0859. The van der Waals surface area contributed by atoms with E-state index in [9.17, 15) is 14.4 Å². The van der Waals surface area contributed by atoms with E-state index in [1.807, 2.05) is 48.5 Å². The summed E-state index contributed by atoms with van der Waals surface area (Å²) in [6.07, 6.45) is -0.477. The van der Waals surface area contributed by atoms with Crippen LogP contribution in [0.2, 0.25) is 0 Å². The number of rotatable bonds is 8. The summed E-state index contributed by atoms with van der Waals surface area (Å²) in [5.41, 5.74) is 9.71. The molecule has 0 radical (unpaired) electrons. The lowest BCUT2D eigenvalue weighted by molar-refractivity contribution is -0.137. The number of hydrogen-bond donors (Lipinski definition) is 3. The van der Waals surface area contributed by atoms with Crippen LogP contribution in [-0.4, -0.2) is 35.7 Å². The number of fused-ring (bicyclic) bond motifs is 3. The Bertz CT molecular complexity index is 850. The molecule has 0 saturated carbocycles. The van der Waals surface area contributed by atoms with Crippen LogP contribution in [0.15, 0.2) is 48.5 Å². The van der Waals surface area contributed by atoms with Crippen molar-refractivity contribution in [2.24, 2.45) is 5.73 Å². The summed E-state index contributed by atoms with van der Waals surface area (Å²) in [6, 6.07) is 15.0. The highest BCUT2D eigenvalue weighted by Crippen LogP contribution is 2.44. The minimum atomic E-state index is -0.968. The van der Waals surface area contributed by atoms with E-state index >= 15 is 0 Å². The van der Waals surface area contributed by atoms with Gasteiger partial charge in [-0.2, -0.15) is 0 Å². The predicted molar refractivity (Wildman–Crippen MR) is 103 cm³/mol. The predicted octanol–water partition coefficient (Wildman–Crippen LogP) is 2.63. The Labute approximate surface area is 162 Å². The number of carbonyl (C=O) groups excluding carboxylic acids is 2. The Hall–Kier alpha value is -3.35. The zero-order chi connectivity index (χ0) is 20.1. The van der Waals surface area contributed by atoms with Crippen molar-refractivity contribution in [3.63, 3.8) is 0 Å². The van der Waals surface area contributed by atoms with Gasteiger partial charge in [0.25, 0.3) is 0 Å². The van der Waals surface area contributed by atoms with E-state index in [1.165, 1.54) is 0 Å². The molecule has 0 aliphatic heterocycles. The lowest BCUT2D eigenvalue weighted by Crippen LogP contribution is -2.44. The maximum Gasteiger partial charge on any atom is 0.407 e. The lowest BCUT2D eigenvalue weighted by atomic mass is 9.98. The SMILES string of the molecule is NC(=O)C(CCCC(=O)O)NC(=O)OCC1c2ccccc2-c2ccccc21. The van der Waals surface area contributed by atoms with Crippen molar-refractivity contribution in [1.82, 2.24) is 5.32 Å². The second-order valence-corrected chi connectivity index (χ2v) is 6.71. The molecular weight excluding hydrogens is 360 g/mol. The molecule has 1 aliphatic carbocycles. The van der Waals surface area contributed by atoms with Gasteiger partial charge in [-0.3, -0.25) is 9.59 Å². The molecule has 7 heteroatoms. The molecule has 2 amide bonds. The highest BCUT2D eigenvalue weighted by atomic mass is 16.5. The first-order chi connectivity index (χ1) is 13.5. The molecule has 7 nitrogen and oxygen atoms in total. The van der Waals surface area contributed by atoms with Crippen molar-refractivity contribution in [3.05, 3.63) is 59.7 Å². The number of nitrogens with one attached hydrogen (secondary N) is 1. The van der Waals surface area contributed by atoms with Crippen molar-refractivity contribution in [2.75, 3.05) is 6.61 Å². The summed E-state index contributed by atoms with van der Waals surface area (Å²) in [5.74, 6) is -1.78. The van der Waals surface area contributed by atoms with Crippen molar-refractivity contribution >= 4 is 18.0 Å². The normalized spacial score (nSPS) is 13.3. The van der Waals surface area contributed by atoms with Crippen molar-refractivity contribution in [2.45, 2.75) is 31.2 Å². The summed E-state index contributed by atoms with van der Waals surface area (Å²) in [5, 5.41) is 11.1. The van der Waals surface area contributed by atoms with E-state index in [4.69, 9.17) is 15.6 Å². The van der Waals surface area contributed by atoms with Crippen LogP contribution in [0.25, 0.3) is 11.1 Å². The third-order valence-electron chi connectivity index (χ3n) is 4.86. The van der Waals surface area contributed by atoms with Crippen molar-refractivity contribution in [3.8, 4) is 11.1 Å². The molecule has 0 heterocycles. The molecule has 1 aliphatic rings. The zero-order valence-electron chi connectivity index (χ0n) is 15.3. The number of carbonyl (C=O) groups is 3. The van der Waals surface area contributed by atoms with Gasteiger partial charge in [-0.15, -0.1) is 0 Å². The monoisotopic (exact) mass is 382 g/mol. The topological polar surface area (TPSA) is 119 Å². The van der Waals surface area contributed by atoms with Crippen LogP contribution < -0.4 is 11.1 Å². The molecule has 146 valence electrons. The van der Waals surface area contributed by atoms with Gasteiger partial charge in [0.1, 0.15) is 12.6 Å². The molecular formula is C21H22N2O5. The maximum atomic E-state index is 12.2. The summed E-state index contributed by atoms with van der Waals surface area (Å²) in [7, 11) is 0. The van der Waals surface area contributed by atoms with E-state index in [0.717, 1.165) is 22.3 Å².